The van der Waals surface area contributed by atoms with Gasteiger partial charge in [-0.2, -0.15) is 0 Å². The summed E-state index contributed by atoms with van der Waals surface area (Å²) in [7, 11) is 0. The van der Waals surface area contributed by atoms with Crippen molar-refractivity contribution in [2.75, 3.05) is 6.61 Å². The molecule has 4 heteroatoms. The van der Waals surface area contributed by atoms with Crippen LogP contribution in [-0.4, -0.2) is 23.8 Å². The van der Waals surface area contributed by atoms with E-state index in [1.165, 1.54) is 0 Å². The van der Waals surface area contributed by atoms with Crippen LogP contribution in [0.4, 0.5) is 0 Å². The van der Waals surface area contributed by atoms with Crippen LogP contribution in [0.25, 0.3) is 0 Å². The highest BCUT2D eigenvalue weighted by Crippen LogP contribution is 2.32. The van der Waals surface area contributed by atoms with Gasteiger partial charge in [0.15, 0.2) is 6.61 Å². The molecule has 2 rings (SSSR count). The monoisotopic (exact) mass is 264 g/mol. The molecule has 0 bridgehead atoms. The number of aliphatic hydroxyl groups is 1. The first-order chi connectivity index (χ1) is 9.06. The zero-order chi connectivity index (χ0) is 13.8. The lowest BCUT2D eigenvalue weighted by molar-refractivity contribution is -0.149. The van der Waals surface area contributed by atoms with Crippen molar-refractivity contribution in [3.05, 3.63) is 29.3 Å². The first-order valence-electron chi connectivity index (χ1n) is 6.69. The molecule has 0 aromatic heterocycles. The predicted molar refractivity (Wildman–Crippen MR) is 71.1 cm³/mol. The van der Waals surface area contributed by atoms with Crippen LogP contribution in [0.15, 0.2) is 18.2 Å². The van der Waals surface area contributed by atoms with Crippen molar-refractivity contribution >= 4 is 5.97 Å². The van der Waals surface area contributed by atoms with Gasteiger partial charge in [0.05, 0.1) is 12.2 Å². The van der Waals surface area contributed by atoms with Gasteiger partial charge in [-0.15, -0.1) is 0 Å². The second-order valence-electron chi connectivity index (χ2n) is 5.10. The largest absolute Gasteiger partial charge is 0.482 e. The van der Waals surface area contributed by atoms with Gasteiger partial charge in [-0.3, -0.25) is 0 Å². The molecular formula is C15H20O4. The third-order valence-electron chi connectivity index (χ3n) is 3.12. The highest BCUT2D eigenvalue weighted by atomic mass is 16.6. The second-order valence-corrected chi connectivity index (χ2v) is 5.10. The van der Waals surface area contributed by atoms with Gasteiger partial charge in [-0.05, 0) is 56.4 Å². The Bertz CT molecular complexity index is 453. The minimum absolute atomic E-state index is 0.104. The van der Waals surface area contributed by atoms with Gasteiger partial charge in [-0.1, -0.05) is 6.07 Å². The van der Waals surface area contributed by atoms with E-state index in [1.807, 2.05) is 18.2 Å². The summed E-state index contributed by atoms with van der Waals surface area (Å²) < 4.78 is 10.4. The summed E-state index contributed by atoms with van der Waals surface area (Å²) in [6.45, 7) is 3.49. The van der Waals surface area contributed by atoms with E-state index in [1.54, 1.807) is 13.8 Å². The average Bonchev–Trinajstić information content (AvgIpc) is 2.36. The van der Waals surface area contributed by atoms with Gasteiger partial charge in [-0.25, -0.2) is 4.79 Å². The second kappa shape index (κ2) is 6.06. The smallest absolute Gasteiger partial charge is 0.344 e. The van der Waals surface area contributed by atoms with Crippen LogP contribution in [-0.2, 0) is 16.0 Å². The number of hydrogen-bond donors (Lipinski definition) is 1. The number of fused-ring (bicyclic) bond motifs is 1. The number of esters is 1. The summed E-state index contributed by atoms with van der Waals surface area (Å²) in [5.41, 5.74) is 2.08. The number of aliphatic hydroxyl groups excluding tert-OH is 1. The summed E-state index contributed by atoms with van der Waals surface area (Å²) in [6.07, 6.45) is 2.22. The Balaban J connectivity index is 1.98. The van der Waals surface area contributed by atoms with Crippen molar-refractivity contribution in [1.29, 1.82) is 0 Å². The van der Waals surface area contributed by atoms with Gasteiger partial charge in [0, 0.05) is 0 Å². The minimum Gasteiger partial charge on any atom is -0.482 e. The molecule has 1 aliphatic carbocycles. The third-order valence-corrected chi connectivity index (χ3v) is 3.12. The quantitative estimate of drug-likeness (QED) is 0.848. The van der Waals surface area contributed by atoms with Crippen LogP contribution in [0.2, 0.25) is 0 Å². The van der Waals surface area contributed by atoms with E-state index in [0.29, 0.717) is 5.75 Å². The number of hydrogen-bond acceptors (Lipinski definition) is 4. The highest BCUT2D eigenvalue weighted by Gasteiger charge is 2.18. The van der Waals surface area contributed by atoms with Crippen LogP contribution >= 0.6 is 0 Å². The van der Waals surface area contributed by atoms with Crippen LogP contribution in [0.1, 0.15) is 43.9 Å². The molecule has 0 fully saturated rings. The Morgan fingerprint density at radius 3 is 3.00 bits per heavy atom. The fourth-order valence-electron chi connectivity index (χ4n) is 2.28. The molecule has 1 aromatic carbocycles. The van der Waals surface area contributed by atoms with Crippen molar-refractivity contribution in [2.24, 2.45) is 0 Å². The molecule has 0 aliphatic heterocycles. The van der Waals surface area contributed by atoms with E-state index in [9.17, 15) is 9.90 Å². The van der Waals surface area contributed by atoms with E-state index in [2.05, 4.69) is 0 Å². The van der Waals surface area contributed by atoms with Gasteiger partial charge in [0.25, 0.3) is 0 Å². The Morgan fingerprint density at radius 2 is 2.26 bits per heavy atom. The average molecular weight is 264 g/mol. The molecule has 1 aliphatic rings. The zero-order valence-electron chi connectivity index (χ0n) is 11.4. The van der Waals surface area contributed by atoms with E-state index >= 15 is 0 Å². The van der Waals surface area contributed by atoms with Crippen molar-refractivity contribution < 1.29 is 19.4 Å². The number of benzene rings is 1. The van der Waals surface area contributed by atoms with E-state index in [-0.39, 0.29) is 18.7 Å². The summed E-state index contributed by atoms with van der Waals surface area (Å²) >= 11 is 0. The molecule has 1 atom stereocenters. The van der Waals surface area contributed by atoms with Crippen molar-refractivity contribution in [2.45, 2.75) is 45.3 Å². The molecule has 0 saturated heterocycles. The molecule has 0 radical (unpaired) electrons. The lowest BCUT2D eigenvalue weighted by Gasteiger charge is -2.21. The van der Waals surface area contributed by atoms with Gasteiger partial charge < -0.3 is 14.6 Å². The molecule has 4 nitrogen and oxygen atoms in total. The van der Waals surface area contributed by atoms with Crippen molar-refractivity contribution in [1.82, 2.24) is 0 Å². The topological polar surface area (TPSA) is 55.8 Å². The molecule has 0 heterocycles. The van der Waals surface area contributed by atoms with Gasteiger partial charge in [0.1, 0.15) is 5.75 Å². The summed E-state index contributed by atoms with van der Waals surface area (Å²) in [5.74, 6) is 0.216. The normalized spacial score (nSPS) is 18.0. The number of rotatable bonds is 4. The molecule has 0 spiro atoms. The third kappa shape index (κ3) is 3.70. The van der Waals surface area contributed by atoms with Crippen LogP contribution < -0.4 is 4.74 Å². The summed E-state index contributed by atoms with van der Waals surface area (Å²) in [4.78, 5) is 11.4. The lowest BCUT2D eigenvalue weighted by Crippen LogP contribution is -2.19. The molecular weight excluding hydrogens is 244 g/mol. The first kappa shape index (κ1) is 13.9. The Labute approximate surface area is 113 Å². The molecule has 0 unspecified atom stereocenters. The fraction of sp³-hybridized carbons (Fsp3) is 0.533. The first-order valence-corrected chi connectivity index (χ1v) is 6.69. The maximum absolute atomic E-state index is 11.4. The molecule has 104 valence electrons. The maximum atomic E-state index is 11.4. The molecule has 1 aromatic rings. The standard InChI is InChI=1S/C15H20O4/c1-10(2)19-15(17)9-18-12-7-6-11-4-3-5-14(16)13(11)8-12/h6-8,10,14,16H,3-5,9H2,1-2H3/t14-/m0/s1. The molecule has 0 amide bonds. The molecule has 19 heavy (non-hydrogen) atoms. The zero-order valence-corrected chi connectivity index (χ0v) is 11.4. The summed E-state index contributed by atoms with van der Waals surface area (Å²) in [5, 5.41) is 9.93. The van der Waals surface area contributed by atoms with Crippen LogP contribution in [0, 0.1) is 0 Å². The number of ether oxygens (including phenoxy) is 2. The van der Waals surface area contributed by atoms with E-state index in [0.717, 1.165) is 30.4 Å². The van der Waals surface area contributed by atoms with Crippen molar-refractivity contribution in [3.8, 4) is 5.75 Å². The lowest BCUT2D eigenvalue weighted by atomic mass is 9.89. The number of carbonyl (C=O) groups excluding carboxylic acids is 1. The fourth-order valence-corrected chi connectivity index (χ4v) is 2.28. The van der Waals surface area contributed by atoms with Gasteiger partial charge >= 0.3 is 5.97 Å². The van der Waals surface area contributed by atoms with Crippen LogP contribution in [0.5, 0.6) is 5.75 Å². The summed E-state index contributed by atoms with van der Waals surface area (Å²) in [6, 6.07) is 5.61. The Kier molecular flexibility index (Phi) is 4.43. The van der Waals surface area contributed by atoms with Crippen molar-refractivity contribution in [3.63, 3.8) is 0 Å². The maximum Gasteiger partial charge on any atom is 0.344 e. The molecule has 0 saturated carbocycles. The minimum atomic E-state index is -0.421. The highest BCUT2D eigenvalue weighted by molar-refractivity contribution is 5.71. The SMILES string of the molecule is CC(C)OC(=O)COc1ccc2c(c1)[C@@H](O)CCC2. The number of aryl methyl sites for hydroxylation is 1. The molecule has 1 N–H and O–H groups in total. The van der Waals surface area contributed by atoms with E-state index in [4.69, 9.17) is 9.47 Å². The Morgan fingerprint density at radius 1 is 1.47 bits per heavy atom. The van der Waals surface area contributed by atoms with Gasteiger partial charge in [0.2, 0.25) is 0 Å². The number of carbonyl (C=O) groups is 1. The van der Waals surface area contributed by atoms with Crippen LogP contribution in [0.3, 0.4) is 0 Å². The Hall–Kier alpha value is -1.55. The van der Waals surface area contributed by atoms with E-state index < -0.39 is 6.10 Å². The predicted octanol–water partition coefficient (Wildman–Crippen LogP) is 2.39.